The summed E-state index contributed by atoms with van der Waals surface area (Å²) in [6.45, 7) is 12.4. The van der Waals surface area contributed by atoms with E-state index < -0.39 is 0 Å². The zero-order valence-corrected chi connectivity index (χ0v) is 13.4. The Kier molecular flexibility index (Phi) is 4.58. The summed E-state index contributed by atoms with van der Waals surface area (Å²) in [4.78, 5) is 2.53. The molecule has 19 heavy (non-hydrogen) atoms. The number of hydrogen-bond donors (Lipinski definition) is 0. The van der Waals surface area contributed by atoms with E-state index in [1.165, 1.54) is 37.1 Å². The second-order valence-electron chi connectivity index (χ2n) is 7.01. The predicted octanol–water partition coefficient (Wildman–Crippen LogP) is 4.87. The third-order valence-corrected chi connectivity index (χ3v) is 4.54. The Morgan fingerprint density at radius 3 is 2.37 bits per heavy atom. The van der Waals surface area contributed by atoms with Gasteiger partial charge >= 0.3 is 0 Å². The number of nitrogens with zero attached hydrogens (tertiary/aromatic N) is 1. The Morgan fingerprint density at radius 2 is 1.84 bits per heavy atom. The van der Waals surface area contributed by atoms with E-state index in [0.29, 0.717) is 0 Å². The minimum absolute atomic E-state index is 0.169. The van der Waals surface area contributed by atoms with Crippen LogP contribution in [0.3, 0.4) is 0 Å². The molecule has 0 radical (unpaired) electrons. The molecule has 0 N–H and O–H groups in total. The largest absolute Gasteiger partial charge is 0.299 e. The van der Waals surface area contributed by atoms with Crippen LogP contribution in [0.25, 0.3) is 0 Å². The molecule has 0 unspecified atom stereocenters. The van der Waals surface area contributed by atoms with Crippen molar-refractivity contribution in [2.45, 2.75) is 52.5 Å². The van der Waals surface area contributed by atoms with E-state index in [2.05, 4.69) is 50.8 Å². The molecule has 0 saturated carbocycles. The average molecular weight is 280 g/mol. The zero-order valence-electron chi connectivity index (χ0n) is 12.7. The standard InChI is InChI=1S/C17H26ClN/c1-13-7-9-19(10-8-13)12-14-5-6-15(11-16(14)18)17(2,3)4/h5-6,11,13H,7-10,12H2,1-4H3. The fourth-order valence-corrected chi connectivity index (χ4v) is 2.84. The first-order chi connectivity index (χ1) is 8.86. The van der Waals surface area contributed by atoms with Crippen LogP contribution in [0.15, 0.2) is 18.2 Å². The molecular weight excluding hydrogens is 254 g/mol. The molecule has 0 aliphatic carbocycles. The molecule has 1 aliphatic rings. The van der Waals surface area contributed by atoms with Gasteiger partial charge < -0.3 is 0 Å². The number of rotatable bonds is 2. The molecule has 1 aromatic carbocycles. The molecule has 2 rings (SSSR count). The average Bonchev–Trinajstić information content (AvgIpc) is 2.33. The Bertz CT molecular complexity index is 425. The van der Waals surface area contributed by atoms with Crippen molar-refractivity contribution in [3.8, 4) is 0 Å². The Balaban J connectivity index is 2.05. The van der Waals surface area contributed by atoms with Gasteiger partial charge in [-0.05, 0) is 54.5 Å². The lowest BCUT2D eigenvalue weighted by Crippen LogP contribution is -2.32. The minimum atomic E-state index is 0.169. The van der Waals surface area contributed by atoms with Crippen LogP contribution in [-0.4, -0.2) is 18.0 Å². The summed E-state index contributed by atoms with van der Waals surface area (Å²) in [5.41, 5.74) is 2.75. The van der Waals surface area contributed by atoms with Crippen LogP contribution in [0.1, 0.15) is 51.7 Å². The fraction of sp³-hybridized carbons (Fsp3) is 0.647. The third-order valence-electron chi connectivity index (χ3n) is 4.19. The van der Waals surface area contributed by atoms with Crippen molar-refractivity contribution in [2.75, 3.05) is 13.1 Å². The quantitative estimate of drug-likeness (QED) is 0.747. The van der Waals surface area contributed by atoms with Crippen molar-refractivity contribution >= 4 is 11.6 Å². The highest BCUT2D eigenvalue weighted by atomic mass is 35.5. The second-order valence-corrected chi connectivity index (χ2v) is 7.42. The molecule has 0 atom stereocenters. The molecule has 2 heteroatoms. The van der Waals surface area contributed by atoms with E-state index >= 15 is 0 Å². The molecule has 1 saturated heterocycles. The van der Waals surface area contributed by atoms with Crippen molar-refractivity contribution in [1.82, 2.24) is 4.90 Å². The normalized spacial score (nSPS) is 18.8. The van der Waals surface area contributed by atoms with Gasteiger partial charge in [-0.25, -0.2) is 0 Å². The number of benzene rings is 1. The lowest BCUT2D eigenvalue weighted by atomic mass is 9.86. The van der Waals surface area contributed by atoms with Crippen molar-refractivity contribution in [1.29, 1.82) is 0 Å². The Morgan fingerprint density at radius 1 is 1.21 bits per heavy atom. The lowest BCUT2D eigenvalue weighted by Gasteiger charge is -2.30. The molecule has 1 fully saturated rings. The topological polar surface area (TPSA) is 3.24 Å². The number of piperidine rings is 1. The van der Waals surface area contributed by atoms with E-state index in [1.807, 2.05) is 0 Å². The van der Waals surface area contributed by atoms with E-state index in [0.717, 1.165) is 17.5 Å². The van der Waals surface area contributed by atoms with E-state index in [4.69, 9.17) is 11.6 Å². The van der Waals surface area contributed by atoms with Crippen LogP contribution in [0.4, 0.5) is 0 Å². The van der Waals surface area contributed by atoms with Gasteiger partial charge in [0, 0.05) is 11.6 Å². The third kappa shape index (κ3) is 3.97. The minimum Gasteiger partial charge on any atom is -0.299 e. The Labute approximate surface area is 123 Å². The van der Waals surface area contributed by atoms with Crippen molar-refractivity contribution in [3.63, 3.8) is 0 Å². The maximum atomic E-state index is 6.46. The van der Waals surface area contributed by atoms with Gasteiger partial charge in [-0.1, -0.05) is 51.4 Å². The fourth-order valence-electron chi connectivity index (χ4n) is 2.60. The summed E-state index contributed by atoms with van der Waals surface area (Å²) in [6.07, 6.45) is 2.63. The molecular formula is C17H26ClN. The molecule has 0 amide bonds. The SMILES string of the molecule is CC1CCN(Cc2ccc(C(C)(C)C)cc2Cl)CC1. The number of likely N-dealkylation sites (tertiary alicyclic amines) is 1. The summed E-state index contributed by atoms with van der Waals surface area (Å²) in [7, 11) is 0. The Hall–Kier alpha value is -0.530. The number of hydrogen-bond acceptors (Lipinski definition) is 1. The maximum absolute atomic E-state index is 6.46. The predicted molar refractivity (Wildman–Crippen MR) is 83.8 cm³/mol. The molecule has 1 aliphatic heterocycles. The van der Waals surface area contributed by atoms with Gasteiger partial charge in [0.15, 0.2) is 0 Å². The van der Waals surface area contributed by atoms with Crippen molar-refractivity contribution < 1.29 is 0 Å². The first kappa shape index (κ1) is 14.9. The molecule has 0 bridgehead atoms. The molecule has 106 valence electrons. The molecule has 0 spiro atoms. The smallest absolute Gasteiger partial charge is 0.0453 e. The van der Waals surface area contributed by atoms with Gasteiger partial charge in [-0.3, -0.25) is 4.90 Å². The van der Waals surface area contributed by atoms with Crippen LogP contribution in [0.2, 0.25) is 5.02 Å². The summed E-state index contributed by atoms with van der Waals surface area (Å²) in [5.74, 6) is 0.884. The summed E-state index contributed by atoms with van der Waals surface area (Å²) in [5, 5.41) is 0.922. The zero-order chi connectivity index (χ0) is 14.0. The first-order valence-corrected chi connectivity index (χ1v) is 7.75. The first-order valence-electron chi connectivity index (χ1n) is 7.37. The van der Waals surface area contributed by atoms with Crippen molar-refractivity contribution in [3.05, 3.63) is 34.3 Å². The highest BCUT2D eigenvalue weighted by Crippen LogP contribution is 2.28. The highest BCUT2D eigenvalue weighted by Gasteiger charge is 2.18. The van der Waals surface area contributed by atoms with Crippen LogP contribution < -0.4 is 0 Å². The lowest BCUT2D eigenvalue weighted by molar-refractivity contribution is 0.185. The van der Waals surface area contributed by atoms with E-state index in [9.17, 15) is 0 Å². The van der Waals surface area contributed by atoms with Gasteiger partial charge in [0.05, 0.1) is 0 Å². The van der Waals surface area contributed by atoms with Gasteiger partial charge in [0.1, 0.15) is 0 Å². The van der Waals surface area contributed by atoms with Crippen molar-refractivity contribution in [2.24, 2.45) is 5.92 Å². The molecule has 1 nitrogen and oxygen atoms in total. The van der Waals surface area contributed by atoms with Crippen LogP contribution >= 0.6 is 11.6 Å². The molecule has 0 aromatic heterocycles. The maximum Gasteiger partial charge on any atom is 0.0453 e. The molecule has 1 aromatic rings. The molecule has 1 heterocycles. The monoisotopic (exact) mass is 279 g/mol. The number of halogens is 1. The van der Waals surface area contributed by atoms with E-state index in [-0.39, 0.29) is 5.41 Å². The van der Waals surface area contributed by atoms with Gasteiger partial charge in [0.2, 0.25) is 0 Å². The highest BCUT2D eigenvalue weighted by molar-refractivity contribution is 6.31. The van der Waals surface area contributed by atoms with Gasteiger partial charge in [-0.2, -0.15) is 0 Å². The van der Waals surface area contributed by atoms with Crippen LogP contribution in [-0.2, 0) is 12.0 Å². The van der Waals surface area contributed by atoms with Crippen LogP contribution in [0.5, 0.6) is 0 Å². The summed E-state index contributed by atoms with van der Waals surface area (Å²) >= 11 is 6.46. The second kappa shape index (κ2) is 5.85. The van der Waals surface area contributed by atoms with Crippen LogP contribution in [0, 0.1) is 5.92 Å². The van der Waals surface area contributed by atoms with Gasteiger partial charge in [-0.15, -0.1) is 0 Å². The van der Waals surface area contributed by atoms with E-state index in [1.54, 1.807) is 0 Å². The summed E-state index contributed by atoms with van der Waals surface area (Å²) < 4.78 is 0. The van der Waals surface area contributed by atoms with Gasteiger partial charge in [0.25, 0.3) is 0 Å². The summed E-state index contributed by atoms with van der Waals surface area (Å²) in [6, 6.07) is 6.58.